The highest BCUT2D eigenvalue weighted by Gasteiger charge is 2.20. The Morgan fingerprint density at radius 3 is 2.58 bits per heavy atom. The van der Waals surface area contributed by atoms with Crippen LogP contribution in [0.15, 0.2) is 18.2 Å². The molecule has 1 unspecified atom stereocenters. The van der Waals surface area contributed by atoms with Crippen LogP contribution < -0.4 is 10.6 Å². The number of nitrogens with two attached hydrogens (primary N) is 1. The lowest BCUT2D eigenvalue weighted by atomic mass is 9.92. The van der Waals surface area contributed by atoms with E-state index in [9.17, 15) is 0 Å². The van der Waals surface area contributed by atoms with Gasteiger partial charge in [0.15, 0.2) is 0 Å². The molecule has 1 fully saturated rings. The topological polar surface area (TPSA) is 29.3 Å². The Kier molecular flexibility index (Phi) is 5.12. The number of anilines is 1. The van der Waals surface area contributed by atoms with Crippen molar-refractivity contribution >= 4 is 17.3 Å². The van der Waals surface area contributed by atoms with Crippen molar-refractivity contribution < 1.29 is 0 Å². The van der Waals surface area contributed by atoms with Gasteiger partial charge in [0.05, 0.1) is 10.7 Å². The van der Waals surface area contributed by atoms with Gasteiger partial charge in [-0.3, -0.25) is 0 Å². The molecular weight excluding hydrogens is 256 g/mol. The fourth-order valence-electron chi connectivity index (χ4n) is 2.93. The summed E-state index contributed by atoms with van der Waals surface area (Å²) >= 11 is 6.41. The lowest BCUT2D eigenvalue weighted by Gasteiger charge is -2.34. The van der Waals surface area contributed by atoms with E-state index in [0.29, 0.717) is 0 Å². The van der Waals surface area contributed by atoms with Crippen LogP contribution in [0.4, 0.5) is 5.69 Å². The molecule has 0 bridgehead atoms. The van der Waals surface area contributed by atoms with E-state index in [2.05, 4.69) is 24.0 Å². The van der Waals surface area contributed by atoms with E-state index in [1.165, 1.54) is 31.4 Å². The molecule has 0 aliphatic carbocycles. The number of halogens is 1. The summed E-state index contributed by atoms with van der Waals surface area (Å²) in [5, 5.41) is 0.837. The SMILES string of the molecule is CCCC1CCN(c2ccc(C(C)N)cc2Cl)CC1. The molecule has 1 saturated heterocycles. The number of benzene rings is 1. The van der Waals surface area contributed by atoms with E-state index in [1.807, 2.05) is 13.0 Å². The molecule has 2 rings (SSSR count). The first kappa shape index (κ1) is 14.7. The predicted molar refractivity (Wildman–Crippen MR) is 83.9 cm³/mol. The highest BCUT2D eigenvalue weighted by Crippen LogP contribution is 2.32. The van der Waals surface area contributed by atoms with Crippen molar-refractivity contribution in [1.82, 2.24) is 0 Å². The van der Waals surface area contributed by atoms with Gasteiger partial charge >= 0.3 is 0 Å². The molecule has 106 valence electrons. The first-order valence-corrected chi connectivity index (χ1v) is 7.79. The molecule has 0 spiro atoms. The normalized spacial score (nSPS) is 18.6. The maximum atomic E-state index is 6.41. The van der Waals surface area contributed by atoms with Crippen molar-refractivity contribution in [2.45, 2.75) is 45.6 Å². The molecule has 0 radical (unpaired) electrons. The average Bonchev–Trinajstić information content (AvgIpc) is 2.40. The van der Waals surface area contributed by atoms with E-state index in [-0.39, 0.29) is 6.04 Å². The molecule has 1 atom stereocenters. The highest BCUT2D eigenvalue weighted by molar-refractivity contribution is 6.33. The molecular formula is C16H25ClN2. The van der Waals surface area contributed by atoms with Crippen molar-refractivity contribution in [1.29, 1.82) is 0 Å². The molecule has 0 amide bonds. The van der Waals surface area contributed by atoms with Crippen molar-refractivity contribution in [2.75, 3.05) is 18.0 Å². The van der Waals surface area contributed by atoms with Gasteiger partial charge in [-0.2, -0.15) is 0 Å². The van der Waals surface area contributed by atoms with Crippen LogP contribution >= 0.6 is 11.6 Å². The summed E-state index contributed by atoms with van der Waals surface area (Å²) in [6.07, 6.45) is 5.25. The first-order valence-electron chi connectivity index (χ1n) is 7.41. The summed E-state index contributed by atoms with van der Waals surface area (Å²) in [7, 11) is 0. The van der Waals surface area contributed by atoms with Crippen molar-refractivity contribution in [3.63, 3.8) is 0 Å². The molecule has 1 aliphatic heterocycles. The number of hydrogen-bond acceptors (Lipinski definition) is 2. The van der Waals surface area contributed by atoms with Crippen molar-refractivity contribution in [2.24, 2.45) is 11.7 Å². The van der Waals surface area contributed by atoms with Gasteiger partial charge in [-0.05, 0) is 43.4 Å². The summed E-state index contributed by atoms with van der Waals surface area (Å²) in [4.78, 5) is 2.42. The largest absolute Gasteiger partial charge is 0.370 e. The van der Waals surface area contributed by atoms with Gasteiger partial charge in [-0.15, -0.1) is 0 Å². The van der Waals surface area contributed by atoms with Crippen LogP contribution in [0.3, 0.4) is 0 Å². The zero-order valence-electron chi connectivity index (χ0n) is 12.0. The van der Waals surface area contributed by atoms with Gasteiger partial charge in [0.25, 0.3) is 0 Å². The first-order chi connectivity index (χ1) is 9.11. The molecule has 19 heavy (non-hydrogen) atoms. The Balaban J connectivity index is 2.03. The van der Waals surface area contributed by atoms with Crippen molar-refractivity contribution in [3.05, 3.63) is 28.8 Å². The molecule has 2 N–H and O–H groups in total. The van der Waals surface area contributed by atoms with E-state index in [4.69, 9.17) is 17.3 Å². The Labute approximate surface area is 121 Å². The van der Waals surface area contributed by atoms with Gasteiger partial charge in [0, 0.05) is 19.1 Å². The van der Waals surface area contributed by atoms with Crippen LogP contribution in [0, 0.1) is 5.92 Å². The van der Waals surface area contributed by atoms with Crippen LogP contribution in [0.1, 0.15) is 51.1 Å². The lowest BCUT2D eigenvalue weighted by molar-refractivity contribution is 0.378. The molecule has 1 aliphatic rings. The fraction of sp³-hybridized carbons (Fsp3) is 0.625. The third-order valence-corrected chi connectivity index (χ3v) is 4.45. The zero-order chi connectivity index (χ0) is 13.8. The van der Waals surface area contributed by atoms with Crippen molar-refractivity contribution in [3.8, 4) is 0 Å². The van der Waals surface area contributed by atoms with E-state index < -0.39 is 0 Å². The second-order valence-corrected chi connectivity index (χ2v) is 6.13. The van der Waals surface area contributed by atoms with Gasteiger partial charge in [-0.25, -0.2) is 0 Å². The fourth-order valence-corrected chi connectivity index (χ4v) is 3.24. The lowest BCUT2D eigenvalue weighted by Crippen LogP contribution is -2.33. The van der Waals surface area contributed by atoms with E-state index >= 15 is 0 Å². The number of rotatable bonds is 4. The minimum Gasteiger partial charge on any atom is -0.370 e. The summed E-state index contributed by atoms with van der Waals surface area (Å²) in [5.41, 5.74) is 8.16. The maximum Gasteiger partial charge on any atom is 0.0642 e. The number of piperidine rings is 1. The van der Waals surface area contributed by atoms with E-state index in [0.717, 1.165) is 29.6 Å². The monoisotopic (exact) mass is 280 g/mol. The van der Waals surface area contributed by atoms with Gasteiger partial charge in [-0.1, -0.05) is 37.4 Å². The zero-order valence-corrected chi connectivity index (χ0v) is 12.8. The second-order valence-electron chi connectivity index (χ2n) is 5.72. The molecule has 0 saturated carbocycles. The third-order valence-electron chi connectivity index (χ3n) is 4.15. The number of hydrogen-bond donors (Lipinski definition) is 1. The van der Waals surface area contributed by atoms with Crippen LogP contribution in [0.2, 0.25) is 5.02 Å². The van der Waals surface area contributed by atoms with Gasteiger partial charge < -0.3 is 10.6 Å². The standard InChI is InChI=1S/C16H25ClN2/c1-3-4-13-7-9-19(10-8-13)16-6-5-14(12(2)18)11-15(16)17/h5-6,11-13H,3-4,7-10,18H2,1-2H3. The van der Waals surface area contributed by atoms with Crippen LogP contribution in [-0.2, 0) is 0 Å². The van der Waals surface area contributed by atoms with Crippen LogP contribution in [0.5, 0.6) is 0 Å². The van der Waals surface area contributed by atoms with E-state index in [1.54, 1.807) is 0 Å². The van der Waals surface area contributed by atoms with Crippen LogP contribution in [0.25, 0.3) is 0 Å². The highest BCUT2D eigenvalue weighted by atomic mass is 35.5. The molecule has 1 heterocycles. The molecule has 1 aromatic rings. The molecule has 1 aromatic carbocycles. The summed E-state index contributed by atoms with van der Waals surface area (Å²) in [5.74, 6) is 0.906. The molecule has 2 nitrogen and oxygen atoms in total. The van der Waals surface area contributed by atoms with Gasteiger partial charge in [0.2, 0.25) is 0 Å². The Morgan fingerprint density at radius 2 is 2.05 bits per heavy atom. The summed E-state index contributed by atoms with van der Waals surface area (Å²) in [6.45, 7) is 6.52. The Morgan fingerprint density at radius 1 is 1.37 bits per heavy atom. The minimum absolute atomic E-state index is 0.0434. The van der Waals surface area contributed by atoms with Crippen LogP contribution in [-0.4, -0.2) is 13.1 Å². The summed E-state index contributed by atoms with van der Waals surface area (Å²) < 4.78 is 0. The summed E-state index contributed by atoms with van der Waals surface area (Å²) in [6, 6.07) is 6.28. The average molecular weight is 281 g/mol. The quantitative estimate of drug-likeness (QED) is 0.887. The number of nitrogens with zero attached hydrogens (tertiary/aromatic N) is 1. The maximum absolute atomic E-state index is 6.41. The molecule has 3 heteroatoms. The Hall–Kier alpha value is -0.730. The van der Waals surface area contributed by atoms with Gasteiger partial charge in [0.1, 0.15) is 0 Å². The second kappa shape index (κ2) is 6.62. The third kappa shape index (κ3) is 3.64. The minimum atomic E-state index is 0.0434. The predicted octanol–water partition coefficient (Wildman–Crippen LogP) is 4.38. The Bertz CT molecular complexity index is 409. The molecule has 0 aromatic heterocycles. The smallest absolute Gasteiger partial charge is 0.0642 e.